The number of sulfone groups is 1. The van der Waals surface area contributed by atoms with E-state index < -0.39 is 204 Å². The SMILES string of the molecule is CSCC[C@@H]1NC(=O)[C@H](Cc2ccc(O)cc2)NC(=O)[C@@H](NC(=O)[C@H](C)N)CSC/C(=N\OCC(=O)NC/C=C/S(C)(=O)=O)CSC[C@@H](C(=O)NCC(=O)O)NC(=O)[C@H](CC(C)C)NC(=O)[C@H](Cc2ccc(O)cc2)NC(=O)[C@H](CC(C)C)NC(=O)[C@@H]2CCCN2C(=O)[C@H](CCC(=O)O)NC(=O)[C@H](CCC(N)=O)NC1=O. The molecule has 614 valence electrons. The molecule has 41 heteroatoms. The highest BCUT2D eigenvalue weighted by molar-refractivity contribution is 8.01. The molecule has 0 unspecified atom stereocenters. The predicted molar refractivity (Wildman–Crippen MR) is 412 cm³/mol. The summed E-state index contributed by atoms with van der Waals surface area (Å²) in [6.45, 7) is 6.19. The van der Waals surface area contributed by atoms with Crippen LogP contribution < -0.4 is 70.0 Å². The molecular formula is C70H103N15O22S4. The number of amides is 13. The summed E-state index contributed by atoms with van der Waals surface area (Å²) >= 11 is 3.09. The van der Waals surface area contributed by atoms with Crippen LogP contribution in [0.5, 0.6) is 11.5 Å². The predicted octanol–water partition coefficient (Wildman–Crippen LogP) is -2.71. The van der Waals surface area contributed by atoms with Crippen molar-refractivity contribution in [3.8, 4) is 11.5 Å². The molecule has 0 aliphatic carbocycles. The molecule has 0 radical (unpaired) electrons. The molecule has 111 heavy (non-hydrogen) atoms. The van der Waals surface area contributed by atoms with Crippen molar-refractivity contribution in [1.82, 2.24) is 63.4 Å². The highest BCUT2D eigenvalue weighted by Gasteiger charge is 2.42. The monoisotopic (exact) mass is 1630 g/mol. The minimum Gasteiger partial charge on any atom is -0.508 e. The van der Waals surface area contributed by atoms with Crippen LogP contribution in [-0.2, 0) is 99.4 Å². The summed E-state index contributed by atoms with van der Waals surface area (Å²) in [5.74, 6) is -17.3. The maximum absolute atomic E-state index is 14.9. The zero-order chi connectivity index (χ0) is 82.7. The number of oxime groups is 1. The van der Waals surface area contributed by atoms with Crippen LogP contribution in [0.4, 0.5) is 0 Å². The number of fused-ring (bicyclic) bond motifs is 1. The first-order valence-electron chi connectivity index (χ1n) is 35.6. The normalized spacial score (nSPS) is 23.2. The van der Waals surface area contributed by atoms with Gasteiger partial charge in [0.05, 0.1) is 11.8 Å². The third-order valence-electron chi connectivity index (χ3n) is 16.7. The smallest absolute Gasteiger partial charge is 0.322 e. The van der Waals surface area contributed by atoms with Gasteiger partial charge < -0.3 is 100 Å². The van der Waals surface area contributed by atoms with Gasteiger partial charge in [-0.05, 0) is 111 Å². The Labute approximate surface area is 655 Å². The van der Waals surface area contributed by atoms with Crippen LogP contribution in [-0.4, -0.2) is 262 Å². The lowest BCUT2D eigenvalue weighted by Crippen LogP contribution is -2.61. The number of aliphatic carboxylic acids is 2. The van der Waals surface area contributed by atoms with E-state index in [1.807, 2.05) is 0 Å². The Bertz CT molecular complexity index is 3760. The zero-order valence-corrected chi connectivity index (χ0v) is 66.0. The van der Waals surface area contributed by atoms with Gasteiger partial charge in [-0.2, -0.15) is 35.3 Å². The number of phenolic OH excluding ortho intramolecular Hbond substituents is 2. The van der Waals surface area contributed by atoms with Crippen LogP contribution in [0.3, 0.4) is 0 Å². The number of aromatic hydroxyl groups is 2. The number of carboxylic acid groups (broad SMARTS) is 2. The van der Waals surface area contributed by atoms with Crippen LogP contribution in [0.25, 0.3) is 0 Å². The topological polar surface area (TPSA) is 580 Å². The molecule has 2 aromatic rings. The summed E-state index contributed by atoms with van der Waals surface area (Å²) < 4.78 is 23.3. The molecule has 4 rings (SSSR count). The maximum Gasteiger partial charge on any atom is 0.322 e. The van der Waals surface area contributed by atoms with E-state index in [-0.39, 0.29) is 116 Å². The molecule has 13 amide bonds. The summed E-state index contributed by atoms with van der Waals surface area (Å²) in [7, 11) is -3.55. The number of nitrogens with one attached hydrogen (secondary N) is 11. The van der Waals surface area contributed by atoms with Crippen molar-refractivity contribution < 1.29 is 106 Å². The highest BCUT2D eigenvalue weighted by atomic mass is 32.2. The van der Waals surface area contributed by atoms with E-state index in [1.54, 1.807) is 34.0 Å². The minimum atomic E-state index is -3.55. The van der Waals surface area contributed by atoms with Crippen LogP contribution in [0.2, 0.25) is 0 Å². The van der Waals surface area contributed by atoms with Gasteiger partial charge in [-0.25, -0.2) is 8.42 Å². The molecule has 37 nitrogen and oxygen atoms in total. The van der Waals surface area contributed by atoms with E-state index >= 15 is 0 Å². The van der Waals surface area contributed by atoms with Gasteiger partial charge in [0.2, 0.25) is 70.9 Å². The van der Waals surface area contributed by atoms with E-state index in [0.717, 1.165) is 40.1 Å². The summed E-state index contributed by atoms with van der Waals surface area (Å²) in [4.78, 5) is 216. The largest absolute Gasteiger partial charge is 0.508 e. The van der Waals surface area contributed by atoms with Crippen molar-refractivity contribution in [3.63, 3.8) is 0 Å². The molecule has 0 aromatic heterocycles. The standard InChI is InChI=1S/C70H103N15O22S4/c1-38(2)28-49-65(99)83-53(61(95)74-32-59(92)93)36-109-34-43(84-107-33-57(89)73-24-9-27-111(7,105)106)35-110-37-54(82-60(94)40(5)71)68(102)80-51(30-41-11-15-44(86)16-12-41)66(100)76-47(23-26-108-6)63(97)75-46(19-21-56(72)88)62(96)77-48(20-22-58(90)91)70(104)85-25-8-10-55(85)69(103)81-50(29-39(3)4)64(98)79-52(67(101)78-49)31-42-13-17-45(87)18-14-42/h9,11-18,27,38-40,46-55,86-87H,8,10,19-26,28-37,71H2,1-7H3,(H2,72,88)(H,73,89)(H,74,95)(H,75,97)(H,76,100)(H,77,96)(H,78,101)(H,79,98)(H,80,102)(H,81,103)(H,82,94)(H,83,99)(H,90,91)(H,92,93)/b27-9+,84-43-/t40-,46-,47-,48-,49-,50-,51-,52-,53-,54-,55-/m0/s1. The van der Waals surface area contributed by atoms with Gasteiger partial charge >= 0.3 is 11.9 Å². The Morgan fingerprint density at radius 3 is 1.63 bits per heavy atom. The lowest BCUT2D eigenvalue weighted by Gasteiger charge is -2.31. The number of carbonyl (C=O) groups excluding carboxylic acids is 13. The molecule has 11 atom stereocenters. The Balaban J connectivity index is 1.96. The van der Waals surface area contributed by atoms with Crippen molar-refractivity contribution in [2.75, 3.05) is 67.5 Å². The van der Waals surface area contributed by atoms with Crippen LogP contribution in [0.1, 0.15) is 104 Å². The number of thioether (sulfide) groups is 3. The Hall–Kier alpha value is -9.74. The third-order valence-corrected chi connectivity index (χ3v) is 20.2. The molecule has 2 aliphatic rings. The number of nitrogens with zero attached hydrogens (tertiary/aromatic N) is 2. The Morgan fingerprint density at radius 2 is 1.12 bits per heavy atom. The number of carbonyl (C=O) groups is 15. The van der Waals surface area contributed by atoms with Crippen LogP contribution >= 0.6 is 35.3 Å². The number of carboxylic acids is 2. The molecule has 0 bridgehead atoms. The first kappa shape index (κ1) is 93.6. The van der Waals surface area contributed by atoms with Gasteiger partial charge in [-0.15, -0.1) is 0 Å². The van der Waals surface area contributed by atoms with E-state index in [2.05, 4.69) is 63.6 Å². The first-order chi connectivity index (χ1) is 52.3. The van der Waals surface area contributed by atoms with E-state index in [1.165, 1.54) is 73.3 Å². The molecule has 2 aromatic carbocycles. The highest BCUT2D eigenvalue weighted by Crippen LogP contribution is 2.23. The lowest BCUT2D eigenvalue weighted by molar-refractivity contribution is -0.144. The molecule has 2 fully saturated rings. The number of hydrogen-bond acceptors (Lipinski definition) is 25. The maximum atomic E-state index is 14.9. The number of benzene rings is 2. The number of nitrogens with two attached hydrogens (primary N) is 2. The number of hydrogen-bond donors (Lipinski definition) is 17. The quantitative estimate of drug-likeness (QED) is 0.0385. The Kier molecular flexibility index (Phi) is 40.0. The van der Waals surface area contributed by atoms with E-state index in [9.17, 15) is 101 Å². The fourth-order valence-corrected chi connectivity index (χ4v) is 14.1. The van der Waals surface area contributed by atoms with Gasteiger partial charge in [0, 0.05) is 73.4 Å². The second-order valence-corrected chi connectivity index (χ2v) is 32.3. The van der Waals surface area contributed by atoms with Crippen LogP contribution in [0.15, 0.2) is 65.2 Å². The van der Waals surface area contributed by atoms with Crippen molar-refractivity contribution in [3.05, 3.63) is 71.1 Å². The molecule has 19 N–H and O–H groups in total. The average molecular weight is 1630 g/mol. The van der Waals surface area contributed by atoms with E-state index in [4.69, 9.17) is 16.3 Å². The number of rotatable bonds is 28. The van der Waals surface area contributed by atoms with Crippen molar-refractivity contribution in [1.29, 1.82) is 0 Å². The lowest BCUT2D eigenvalue weighted by atomic mass is 9.99. The summed E-state index contributed by atoms with van der Waals surface area (Å²) in [5, 5.41) is 73.1. The third kappa shape index (κ3) is 35.4. The Morgan fingerprint density at radius 1 is 0.640 bits per heavy atom. The van der Waals surface area contributed by atoms with Crippen molar-refractivity contribution >= 4 is 140 Å². The van der Waals surface area contributed by atoms with Crippen molar-refractivity contribution in [2.45, 2.75) is 172 Å². The number of phenols is 2. The molecule has 2 aliphatic heterocycles. The molecular weight excluding hydrogens is 1530 g/mol. The van der Waals surface area contributed by atoms with Crippen LogP contribution in [0, 0.1) is 11.8 Å². The fourth-order valence-electron chi connectivity index (χ4n) is 11.1. The minimum absolute atomic E-state index is 0.00711. The second-order valence-electron chi connectivity index (χ2n) is 27.3. The molecule has 2 heterocycles. The van der Waals surface area contributed by atoms with Gasteiger partial charge in [0.1, 0.15) is 78.5 Å². The van der Waals surface area contributed by atoms with Gasteiger partial charge in [-0.1, -0.05) is 63.2 Å². The summed E-state index contributed by atoms with van der Waals surface area (Å²) in [5.41, 5.74) is 12.3. The van der Waals surface area contributed by atoms with Gasteiger partial charge in [-0.3, -0.25) is 71.9 Å². The first-order valence-corrected chi connectivity index (χ1v) is 41.3. The van der Waals surface area contributed by atoms with Crippen molar-refractivity contribution in [2.24, 2.45) is 28.5 Å². The molecule has 0 saturated carbocycles. The van der Waals surface area contributed by atoms with Gasteiger partial charge in [0.15, 0.2) is 16.4 Å². The molecule has 0 spiro atoms. The van der Waals surface area contributed by atoms with E-state index in [0.29, 0.717) is 11.1 Å². The molecule has 2 saturated heterocycles. The van der Waals surface area contributed by atoms with Gasteiger partial charge in [0.25, 0.3) is 5.91 Å². The second kappa shape index (κ2) is 47.5. The fraction of sp³-hybridized carbons (Fsp3) is 0.571. The number of primary amides is 1. The zero-order valence-electron chi connectivity index (χ0n) is 62.7. The summed E-state index contributed by atoms with van der Waals surface area (Å²) in [6.07, 6.45) is 0.667. The average Bonchev–Trinajstić information content (AvgIpc) is 1.73. The summed E-state index contributed by atoms with van der Waals surface area (Å²) in [6, 6.07) is -5.83.